The maximum Gasteiger partial charge on any atom is 0.315 e. The molecule has 116 valence electrons. The number of urea groups is 1. The summed E-state index contributed by atoms with van der Waals surface area (Å²) in [4.78, 5) is 15.8. The van der Waals surface area contributed by atoms with E-state index in [1.807, 2.05) is 49.5 Å². The molecule has 1 aromatic carbocycles. The molecule has 22 heavy (non-hydrogen) atoms. The lowest BCUT2D eigenvalue weighted by Crippen LogP contribution is -2.37. The highest BCUT2D eigenvalue weighted by Crippen LogP contribution is 2.21. The van der Waals surface area contributed by atoms with Crippen LogP contribution in [0.1, 0.15) is 24.9 Å². The summed E-state index contributed by atoms with van der Waals surface area (Å²) in [5, 5.41) is 14.3. The van der Waals surface area contributed by atoms with Gasteiger partial charge in [0.2, 0.25) is 0 Å². The minimum atomic E-state index is -0.225. The SMILES string of the molecule is CC(NC(=O)NCCCO)c1ccc(-c2cccnc2)cc1. The summed E-state index contributed by atoms with van der Waals surface area (Å²) >= 11 is 0. The number of rotatable bonds is 6. The van der Waals surface area contributed by atoms with Gasteiger partial charge in [-0.05, 0) is 36.1 Å². The molecule has 1 unspecified atom stereocenters. The molecular weight excluding hydrogens is 278 g/mol. The van der Waals surface area contributed by atoms with Gasteiger partial charge in [0.05, 0.1) is 6.04 Å². The third kappa shape index (κ3) is 4.56. The zero-order chi connectivity index (χ0) is 15.8. The summed E-state index contributed by atoms with van der Waals surface area (Å²) < 4.78 is 0. The standard InChI is InChI=1S/C17H21N3O2/c1-13(20-17(22)19-10-3-11-21)14-5-7-15(8-6-14)16-4-2-9-18-12-16/h2,4-9,12-13,21H,3,10-11H2,1H3,(H2,19,20,22). The second-order valence-electron chi connectivity index (χ2n) is 5.06. The average molecular weight is 299 g/mol. The maximum atomic E-state index is 11.7. The van der Waals surface area contributed by atoms with Gasteiger partial charge in [-0.25, -0.2) is 4.79 Å². The van der Waals surface area contributed by atoms with Crippen LogP contribution in [0.2, 0.25) is 0 Å². The quantitative estimate of drug-likeness (QED) is 0.717. The minimum Gasteiger partial charge on any atom is -0.396 e. The molecule has 2 amide bonds. The molecule has 1 aromatic heterocycles. The van der Waals surface area contributed by atoms with Crippen LogP contribution in [0.5, 0.6) is 0 Å². The van der Waals surface area contributed by atoms with Crippen LogP contribution in [-0.2, 0) is 0 Å². The number of benzene rings is 1. The van der Waals surface area contributed by atoms with Gasteiger partial charge in [-0.1, -0.05) is 30.3 Å². The highest BCUT2D eigenvalue weighted by atomic mass is 16.3. The van der Waals surface area contributed by atoms with E-state index in [9.17, 15) is 4.79 Å². The van der Waals surface area contributed by atoms with Crippen LogP contribution in [0.15, 0.2) is 48.8 Å². The Balaban J connectivity index is 1.94. The third-order valence-electron chi connectivity index (χ3n) is 3.37. The first-order chi connectivity index (χ1) is 10.7. The van der Waals surface area contributed by atoms with Crippen LogP contribution >= 0.6 is 0 Å². The normalized spacial score (nSPS) is 11.7. The molecule has 0 aliphatic rings. The van der Waals surface area contributed by atoms with E-state index in [1.54, 1.807) is 6.20 Å². The number of carbonyl (C=O) groups is 1. The summed E-state index contributed by atoms with van der Waals surface area (Å²) in [6.07, 6.45) is 4.13. The molecule has 0 spiro atoms. The molecule has 0 bridgehead atoms. The predicted octanol–water partition coefficient (Wildman–Crippen LogP) is 2.49. The number of carbonyl (C=O) groups excluding carboxylic acids is 1. The van der Waals surface area contributed by atoms with Crippen LogP contribution in [0.3, 0.4) is 0 Å². The van der Waals surface area contributed by atoms with Crippen molar-refractivity contribution >= 4 is 6.03 Å². The fraction of sp³-hybridized carbons (Fsp3) is 0.294. The number of pyridine rings is 1. The highest BCUT2D eigenvalue weighted by Gasteiger charge is 2.09. The van der Waals surface area contributed by atoms with Crippen molar-refractivity contribution in [1.82, 2.24) is 15.6 Å². The Labute approximate surface area is 130 Å². The van der Waals surface area contributed by atoms with Crippen LogP contribution < -0.4 is 10.6 Å². The van der Waals surface area contributed by atoms with Gasteiger partial charge in [0.15, 0.2) is 0 Å². The molecular formula is C17H21N3O2. The van der Waals surface area contributed by atoms with Gasteiger partial charge in [0, 0.05) is 25.5 Å². The zero-order valence-electron chi connectivity index (χ0n) is 12.6. The monoisotopic (exact) mass is 299 g/mol. The third-order valence-corrected chi connectivity index (χ3v) is 3.37. The first-order valence-corrected chi connectivity index (χ1v) is 7.36. The van der Waals surface area contributed by atoms with Crippen molar-refractivity contribution in [3.05, 3.63) is 54.4 Å². The molecule has 0 fully saturated rings. The highest BCUT2D eigenvalue weighted by molar-refractivity contribution is 5.74. The molecule has 0 saturated carbocycles. The number of aliphatic hydroxyl groups excluding tert-OH is 1. The van der Waals surface area contributed by atoms with E-state index < -0.39 is 0 Å². The van der Waals surface area contributed by atoms with Crippen LogP contribution in [-0.4, -0.2) is 29.3 Å². The van der Waals surface area contributed by atoms with Crippen molar-refractivity contribution in [1.29, 1.82) is 0 Å². The smallest absolute Gasteiger partial charge is 0.315 e. The summed E-state index contributed by atoms with van der Waals surface area (Å²) in [5.74, 6) is 0. The van der Waals surface area contributed by atoms with Gasteiger partial charge in [-0.2, -0.15) is 0 Å². The lowest BCUT2D eigenvalue weighted by Gasteiger charge is -2.15. The summed E-state index contributed by atoms with van der Waals surface area (Å²) in [7, 11) is 0. The lowest BCUT2D eigenvalue weighted by atomic mass is 10.0. The number of aromatic nitrogens is 1. The number of nitrogens with one attached hydrogen (secondary N) is 2. The van der Waals surface area contributed by atoms with Crippen molar-refractivity contribution < 1.29 is 9.90 Å². The number of hydrogen-bond donors (Lipinski definition) is 3. The van der Waals surface area contributed by atoms with Gasteiger partial charge in [0.1, 0.15) is 0 Å². The van der Waals surface area contributed by atoms with Gasteiger partial charge >= 0.3 is 6.03 Å². The van der Waals surface area contributed by atoms with E-state index >= 15 is 0 Å². The molecule has 0 aliphatic heterocycles. The topological polar surface area (TPSA) is 74.2 Å². The van der Waals surface area contributed by atoms with Gasteiger partial charge in [-0.3, -0.25) is 4.98 Å². The molecule has 1 atom stereocenters. The molecule has 5 nitrogen and oxygen atoms in total. The fourth-order valence-electron chi connectivity index (χ4n) is 2.11. The average Bonchev–Trinajstić information content (AvgIpc) is 2.56. The molecule has 0 radical (unpaired) electrons. The predicted molar refractivity (Wildman–Crippen MR) is 86.3 cm³/mol. The van der Waals surface area contributed by atoms with E-state index in [2.05, 4.69) is 15.6 Å². The number of amides is 2. The van der Waals surface area contributed by atoms with Crippen LogP contribution in [0, 0.1) is 0 Å². The molecule has 1 heterocycles. The number of nitrogens with zero attached hydrogens (tertiary/aromatic N) is 1. The Morgan fingerprint density at radius 3 is 2.64 bits per heavy atom. The van der Waals surface area contributed by atoms with Crippen molar-refractivity contribution in [2.75, 3.05) is 13.2 Å². The van der Waals surface area contributed by atoms with Crippen LogP contribution in [0.25, 0.3) is 11.1 Å². The van der Waals surface area contributed by atoms with Gasteiger partial charge in [-0.15, -0.1) is 0 Å². The molecule has 3 N–H and O–H groups in total. The van der Waals surface area contributed by atoms with E-state index in [1.165, 1.54) is 0 Å². The van der Waals surface area contributed by atoms with E-state index in [0.717, 1.165) is 16.7 Å². The molecule has 0 aliphatic carbocycles. The molecule has 2 aromatic rings. The second kappa shape index (κ2) is 8.14. The largest absolute Gasteiger partial charge is 0.396 e. The van der Waals surface area contributed by atoms with Crippen molar-refractivity contribution in [3.8, 4) is 11.1 Å². The Kier molecular flexibility index (Phi) is 5.91. The van der Waals surface area contributed by atoms with Crippen molar-refractivity contribution in [2.45, 2.75) is 19.4 Å². The lowest BCUT2D eigenvalue weighted by molar-refractivity contribution is 0.235. The summed E-state index contributed by atoms with van der Waals surface area (Å²) in [6, 6.07) is 11.7. The molecule has 0 saturated heterocycles. The van der Waals surface area contributed by atoms with Crippen molar-refractivity contribution in [3.63, 3.8) is 0 Å². The molecule has 2 rings (SSSR count). The Morgan fingerprint density at radius 2 is 2.00 bits per heavy atom. The van der Waals surface area contributed by atoms with Crippen molar-refractivity contribution in [2.24, 2.45) is 0 Å². The number of hydrogen-bond acceptors (Lipinski definition) is 3. The Morgan fingerprint density at radius 1 is 1.23 bits per heavy atom. The van der Waals surface area contributed by atoms with E-state index in [-0.39, 0.29) is 18.7 Å². The number of aliphatic hydroxyl groups is 1. The summed E-state index contributed by atoms with van der Waals surface area (Å²) in [5.41, 5.74) is 3.19. The maximum absolute atomic E-state index is 11.7. The van der Waals surface area contributed by atoms with E-state index in [0.29, 0.717) is 13.0 Å². The molecule has 5 heteroatoms. The Bertz CT molecular complexity index is 585. The van der Waals surface area contributed by atoms with E-state index in [4.69, 9.17) is 5.11 Å². The first kappa shape index (κ1) is 16.0. The van der Waals surface area contributed by atoms with Gasteiger partial charge < -0.3 is 15.7 Å². The van der Waals surface area contributed by atoms with Gasteiger partial charge in [0.25, 0.3) is 0 Å². The fourth-order valence-corrected chi connectivity index (χ4v) is 2.11. The first-order valence-electron chi connectivity index (χ1n) is 7.36. The Hall–Kier alpha value is -2.40. The summed E-state index contributed by atoms with van der Waals surface area (Å²) in [6.45, 7) is 2.48. The second-order valence-corrected chi connectivity index (χ2v) is 5.06. The zero-order valence-corrected chi connectivity index (χ0v) is 12.6. The van der Waals surface area contributed by atoms with Crippen LogP contribution in [0.4, 0.5) is 4.79 Å². The minimum absolute atomic E-state index is 0.0750.